The van der Waals surface area contributed by atoms with Gasteiger partial charge in [-0.1, -0.05) is 6.92 Å². The highest BCUT2D eigenvalue weighted by Gasteiger charge is 2.24. The maximum atomic E-state index is 9.43. The summed E-state index contributed by atoms with van der Waals surface area (Å²) in [6, 6.07) is 0. The maximum absolute atomic E-state index is 9.43. The highest BCUT2D eigenvalue weighted by Crippen LogP contribution is 2.13. The van der Waals surface area contributed by atoms with Gasteiger partial charge in [-0.05, 0) is 26.8 Å². The monoisotopic (exact) mass is 307 g/mol. The molecule has 6 nitrogen and oxygen atoms in total. The van der Waals surface area contributed by atoms with Crippen LogP contribution in [0, 0.1) is 0 Å². The highest BCUT2D eigenvalue weighted by atomic mass is 16.6. The molecule has 2 N–H and O–H groups in total. The fourth-order valence-electron chi connectivity index (χ4n) is 2.09. The molecule has 0 saturated carbocycles. The molecule has 0 aromatic heterocycles. The van der Waals surface area contributed by atoms with E-state index in [1.54, 1.807) is 7.11 Å². The summed E-state index contributed by atoms with van der Waals surface area (Å²) in [6.45, 7) is 10.4. The molecule has 0 amide bonds. The molecular formula is C15H33NO5. The molecule has 0 aromatic rings. The third-order valence-electron chi connectivity index (χ3n) is 3.12. The molecular weight excluding hydrogens is 274 g/mol. The van der Waals surface area contributed by atoms with Gasteiger partial charge in [-0.3, -0.25) is 0 Å². The summed E-state index contributed by atoms with van der Waals surface area (Å²) < 4.78 is 21.3. The van der Waals surface area contributed by atoms with Crippen molar-refractivity contribution in [3.63, 3.8) is 0 Å². The minimum atomic E-state index is -0.287. The second kappa shape index (κ2) is 13.4. The van der Waals surface area contributed by atoms with E-state index in [1.807, 2.05) is 20.8 Å². The van der Waals surface area contributed by atoms with Crippen molar-refractivity contribution in [3.05, 3.63) is 0 Å². The Kier molecular flexibility index (Phi) is 13.3. The summed E-state index contributed by atoms with van der Waals surface area (Å²) >= 11 is 0. The highest BCUT2D eigenvalue weighted by molar-refractivity contribution is 4.83. The SMILES string of the molecule is CCNC(C)(CO)CC(C)OCCOCCOCCOC. The summed E-state index contributed by atoms with van der Waals surface area (Å²) in [6.07, 6.45) is 0.833. The van der Waals surface area contributed by atoms with Crippen LogP contribution in [0.1, 0.15) is 27.2 Å². The van der Waals surface area contributed by atoms with Gasteiger partial charge in [-0.25, -0.2) is 0 Å². The van der Waals surface area contributed by atoms with E-state index in [0.29, 0.717) is 39.6 Å². The van der Waals surface area contributed by atoms with Crippen LogP contribution in [0.2, 0.25) is 0 Å². The zero-order valence-corrected chi connectivity index (χ0v) is 14.0. The number of hydrogen-bond acceptors (Lipinski definition) is 6. The van der Waals surface area contributed by atoms with Crippen molar-refractivity contribution in [2.45, 2.75) is 38.8 Å². The number of rotatable bonds is 15. The van der Waals surface area contributed by atoms with Gasteiger partial charge in [-0.15, -0.1) is 0 Å². The van der Waals surface area contributed by atoms with E-state index < -0.39 is 0 Å². The van der Waals surface area contributed by atoms with Gasteiger partial charge in [0.05, 0.1) is 52.4 Å². The summed E-state index contributed by atoms with van der Waals surface area (Å²) in [7, 11) is 1.65. The zero-order chi connectivity index (χ0) is 16.0. The number of aliphatic hydroxyl groups excluding tert-OH is 1. The molecule has 0 aliphatic heterocycles. The van der Waals surface area contributed by atoms with E-state index in [9.17, 15) is 5.11 Å². The standard InChI is InChI=1S/C15H33NO5/c1-5-16-15(3,13-17)12-14(2)21-11-10-20-9-8-19-7-6-18-4/h14,16-17H,5-13H2,1-4H3. The van der Waals surface area contributed by atoms with Gasteiger partial charge >= 0.3 is 0 Å². The van der Waals surface area contributed by atoms with Crippen LogP contribution >= 0.6 is 0 Å². The van der Waals surface area contributed by atoms with Crippen LogP contribution < -0.4 is 5.32 Å². The summed E-state index contributed by atoms with van der Waals surface area (Å²) in [5, 5.41) is 12.7. The third kappa shape index (κ3) is 12.0. The van der Waals surface area contributed by atoms with Crippen molar-refractivity contribution in [2.24, 2.45) is 0 Å². The number of hydrogen-bond donors (Lipinski definition) is 2. The normalized spacial score (nSPS) is 15.9. The van der Waals surface area contributed by atoms with Crippen molar-refractivity contribution in [3.8, 4) is 0 Å². The molecule has 0 aromatic carbocycles. The van der Waals surface area contributed by atoms with E-state index >= 15 is 0 Å². The molecule has 128 valence electrons. The molecule has 2 atom stereocenters. The predicted molar refractivity (Wildman–Crippen MR) is 82.7 cm³/mol. The van der Waals surface area contributed by atoms with Gasteiger partial charge in [0.1, 0.15) is 0 Å². The van der Waals surface area contributed by atoms with Crippen molar-refractivity contribution in [2.75, 3.05) is 59.9 Å². The minimum Gasteiger partial charge on any atom is -0.394 e. The molecule has 0 spiro atoms. The van der Waals surface area contributed by atoms with Crippen molar-refractivity contribution in [1.82, 2.24) is 5.32 Å². The first-order chi connectivity index (χ1) is 10.1. The maximum Gasteiger partial charge on any atom is 0.0704 e. The molecule has 0 aliphatic carbocycles. The quantitative estimate of drug-likeness (QED) is 0.437. The third-order valence-corrected chi connectivity index (χ3v) is 3.12. The van der Waals surface area contributed by atoms with Crippen LogP contribution in [0.15, 0.2) is 0 Å². The van der Waals surface area contributed by atoms with Crippen LogP contribution in [-0.4, -0.2) is 76.7 Å². The van der Waals surface area contributed by atoms with Crippen LogP contribution in [0.25, 0.3) is 0 Å². The summed E-state index contributed by atoms with van der Waals surface area (Å²) in [5.74, 6) is 0. The Labute approximate surface area is 129 Å². The van der Waals surface area contributed by atoms with E-state index in [4.69, 9.17) is 18.9 Å². The first kappa shape index (κ1) is 20.8. The van der Waals surface area contributed by atoms with Crippen molar-refractivity contribution >= 4 is 0 Å². The van der Waals surface area contributed by atoms with Crippen molar-refractivity contribution in [1.29, 1.82) is 0 Å². The largest absolute Gasteiger partial charge is 0.394 e. The van der Waals surface area contributed by atoms with E-state index in [2.05, 4.69) is 5.32 Å². The van der Waals surface area contributed by atoms with Gasteiger partial charge in [0, 0.05) is 12.6 Å². The molecule has 0 bridgehead atoms. The van der Waals surface area contributed by atoms with Crippen LogP contribution in [-0.2, 0) is 18.9 Å². The van der Waals surface area contributed by atoms with Gasteiger partial charge in [-0.2, -0.15) is 0 Å². The fourth-order valence-corrected chi connectivity index (χ4v) is 2.09. The van der Waals surface area contributed by atoms with Gasteiger partial charge in [0.15, 0.2) is 0 Å². The lowest BCUT2D eigenvalue weighted by molar-refractivity contribution is -0.0223. The van der Waals surface area contributed by atoms with E-state index in [-0.39, 0.29) is 18.2 Å². The number of likely N-dealkylation sites (N-methyl/N-ethyl adjacent to an activating group) is 1. The van der Waals surface area contributed by atoms with Crippen LogP contribution in [0.5, 0.6) is 0 Å². The topological polar surface area (TPSA) is 69.2 Å². The average Bonchev–Trinajstić information content (AvgIpc) is 2.45. The van der Waals surface area contributed by atoms with Gasteiger partial charge < -0.3 is 29.4 Å². The second-order valence-electron chi connectivity index (χ2n) is 5.35. The average molecular weight is 307 g/mol. The number of methoxy groups -OCH3 is 1. The molecule has 0 radical (unpaired) electrons. The van der Waals surface area contributed by atoms with E-state index in [1.165, 1.54) is 0 Å². The Morgan fingerprint density at radius 3 is 2.14 bits per heavy atom. The fraction of sp³-hybridized carbons (Fsp3) is 1.00. The Balaban J connectivity index is 3.50. The van der Waals surface area contributed by atoms with Crippen LogP contribution in [0.4, 0.5) is 0 Å². The smallest absolute Gasteiger partial charge is 0.0704 e. The number of ether oxygens (including phenoxy) is 4. The van der Waals surface area contributed by atoms with Crippen LogP contribution in [0.3, 0.4) is 0 Å². The number of aliphatic hydroxyl groups is 1. The summed E-state index contributed by atoms with van der Waals surface area (Å²) in [4.78, 5) is 0. The minimum absolute atomic E-state index is 0.0720. The molecule has 0 saturated heterocycles. The molecule has 6 heteroatoms. The Bertz CT molecular complexity index is 230. The van der Waals surface area contributed by atoms with Crippen molar-refractivity contribution < 1.29 is 24.1 Å². The van der Waals surface area contributed by atoms with E-state index in [0.717, 1.165) is 13.0 Å². The Hall–Kier alpha value is -0.240. The predicted octanol–water partition coefficient (Wildman–Crippen LogP) is 0.822. The lowest BCUT2D eigenvalue weighted by atomic mass is 9.96. The zero-order valence-electron chi connectivity index (χ0n) is 14.0. The second-order valence-corrected chi connectivity index (χ2v) is 5.35. The number of nitrogens with one attached hydrogen (secondary N) is 1. The molecule has 0 aliphatic rings. The molecule has 2 unspecified atom stereocenters. The van der Waals surface area contributed by atoms with Gasteiger partial charge in [0.25, 0.3) is 0 Å². The van der Waals surface area contributed by atoms with Gasteiger partial charge in [0.2, 0.25) is 0 Å². The molecule has 0 heterocycles. The first-order valence-corrected chi connectivity index (χ1v) is 7.70. The first-order valence-electron chi connectivity index (χ1n) is 7.70. The Morgan fingerprint density at radius 2 is 1.62 bits per heavy atom. The Morgan fingerprint density at radius 1 is 1.05 bits per heavy atom. The lowest BCUT2D eigenvalue weighted by Gasteiger charge is -2.31. The molecule has 0 rings (SSSR count). The lowest BCUT2D eigenvalue weighted by Crippen LogP contribution is -2.48. The molecule has 21 heavy (non-hydrogen) atoms. The summed E-state index contributed by atoms with van der Waals surface area (Å²) in [5.41, 5.74) is -0.287. The molecule has 0 fully saturated rings.